The second kappa shape index (κ2) is 5.27. The standard InChI is InChI=1S/C10H13BrN2O2S/c11-9-2-1-8(16-9)10(14)13-3-4-15-7(5-12)6-13/h1-2,7H,3-6,12H2. The maximum absolute atomic E-state index is 12.1. The number of halogens is 1. The normalized spacial score (nSPS) is 21.1. The van der Waals surface area contributed by atoms with E-state index in [9.17, 15) is 4.79 Å². The van der Waals surface area contributed by atoms with Gasteiger partial charge in [-0.1, -0.05) is 0 Å². The number of ether oxygens (including phenoxy) is 1. The maximum Gasteiger partial charge on any atom is 0.264 e. The molecule has 88 valence electrons. The van der Waals surface area contributed by atoms with Gasteiger partial charge in [0.1, 0.15) is 0 Å². The second-order valence-electron chi connectivity index (χ2n) is 3.58. The molecule has 0 bridgehead atoms. The molecule has 1 aromatic heterocycles. The molecule has 1 aromatic rings. The Hall–Kier alpha value is -0.430. The molecule has 0 aliphatic carbocycles. The van der Waals surface area contributed by atoms with Gasteiger partial charge in [-0.05, 0) is 28.1 Å². The van der Waals surface area contributed by atoms with Gasteiger partial charge in [0.25, 0.3) is 5.91 Å². The highest BCUT2D eigenvalue weighted by atomic mass is 79.9. The highest BCUT2D eigenvalue weighted by molar-refractivity contribution is 9.11. The summed E-state index contributed by atoms with van der Waals surface area (Å²) in [6, 6.07) is 3.72. The van der Waals surface area contributed by atoms with Crippen LogP contribution in [0.1, 0.15) is 9.67 Å². The summed E-state index contributed by atoms with van der Waals surface area (Å²) in [6.45, 7) is 2.26. The Bertz CT molecular complexity index is 383. The summed E-state index contributed by atoms with van der Waals surface area (Å²) >= 11 is 4.80. The van der Waals surface area contributed by atoms with Crippen LogP contribution in [0, 0.1) is 0 Å². The molecule has 1 amide bonds. The number of thiophene rings is 1. The molecule has 0 saturated carbocycles. The van der Waals surface area contributed by atoms with Crippen LogP contribution in [0.15, 0.2) is 15.9 Å². The van der Waals surface area contributed by atoms with Crippen molar-refractivity contribution in [2.75, 3.05) is 26.2 Å². The highest BCUT2D eigenvalue weighted by Crippen LogP contribution is 2.23. The fourth-order valence-electron chi connectivity index (χ4n) is 1.63. The quantitative estimate of drug-likeness (QED) is 0.896. The minimum atomic E-state index is -0.0268. The maximum atomic E-state index is 12.1. The second-order valence-corrected chi connectivity index (χ2v) is 6.05. The smallest absolute Gasteiger partial charge is 0.264 e. The van der Waals surface area contributed by atoms with Crippen molar-refractivity contribution < 1.29 is 9.53 Å². The molecule has 0 spiro atoms. The Balaban J connectivity index is 2.04. The summed E-state index contributed by atoms with van der Waals surface area (Å²) in [4.78, 5) is 14.7. The molecule has 1 saturated heterocycles. The average molecular weight is 305 g/mol. The summed E-state index contributed by atoms with van der Waals surface area (Å²) in [5, 5.41) is 0. The number of nitrogens with two attached hydrogens (primary N) is 1. The van der Waals surface area contributed by atoms with Crippen molar-refractivity contribution in [1.29, 1.82) is 0 Å². The lowest BCUT2D eigenvalue weighted by molar-refractivity contribution is -0.0165. The summed E-state index contributed by atoms with van der Waals surface area (Å²) in [6.07, 6.45) is -0.0268. The lowest BCUT2D eigenvalue weighted by Gasteiger charge is -2.32. The third-order valence-electron chi connectivity index (χ3n) is 2.47. The van der Waals surface area contributed by atoms with Crippen LogP contribution in [0.3, 0.4) is 0 Å². The van der Waals surface area contributed by atoms with Crippen molar-refractivity contribution in [3.05, 3.63) is 20.8 Å². The number of hydrogen-bond donors (Lipinski definition) is 1. The van der Waals surface area contributed by atoms with E-state index in [4.69, 9.17) is 10.5 Å². The molecule has 6 heteroatoms. The first-order valence-corrected chi connectivity index (χ1v) is 6.68. The zero-order valence-electron chi connectivity index (χ0n) is 8.69. The minimum Gasteiger partial charge on any atom is -0.373 e. The summed E-state index contributed by atoms with van der Waals surface area (Å²) in [5.41, 5.74) is 5.54. The Morgan fingerprint density at radius 2 is 2.50 bits per heavy atom. The molecule has 1 unspecified atom stereocenters. The number of hydrogen-bond acceptors (Lipinski definition) is 4. The van der Waals surface area contributed by atoms with Crippen LogP contribution in [0.4, 0.5) is 0 Å². The van der Waals surface area contributed by atoms with E-state index in [2.05, 4.69) is 15.9 Å². The van der Waals surface area contributed by atoms with Crippen molar-refractivity contribution in [2.24, 2.45) is 5.73 Å². The van der Waals surface area contributed by atoms with Gasteiger partial charge >= 0.3 is 0 Å². The molecule has 2 heterocycles. The lowest BCUT2D eigenvalue weighted by atomic mass is 10.2. The molecule has 1 atom stereocenters. The summed E-state index contributed by atoms with van der Waals surface area (Å²) < 4.78 is 6.40. The molecule has 0 aromatic carbocycles. The Morgan fingerprint density at radius 1 is 1.69 bits per heavy atom. The monoisotopic (exact) mass is 304 g/mol. The molecule has 1 aliphatic rings. The van der Waals surface area contributed by atoms with Gasteiger partial charge < -0.3 is 15.4 Å². The Morgan fingerprint density at radius 3 is 3.12 bits per heavy atom. The first kappa shape index (κ1) is 12.0. The Labute approximate surface area is 106 Å². The molecule has 2 N–H and O–H groups in total. The number of rotatable bonds is 2. The molecular formula is C10H13BrN2O2S. The zero-order chi connectivity index (χ0) is 11.5. The van der Waals surface area contributed by atoms with Crippen LogP contribution in [-0.4, -0.2) is 43.2 Å². The molecule has 16 heavy (non-hydrogen) atoms. The van der Waals surface area contributed by atoms with Crippen LogP contribution in [-0.2, 0) is 4.74 Å². The van der Waals surface area contributed by atoms with Gasteiger partial charge in [-0.15, -0.1) is 11.3 Å². The fraction of sp³-hybridized carbons (Fsp3) is 0.500. The van der Waals surface area contributed by atoms with Crippen LogP contribution in [0.25, 0.3) is 0 Å². The molecular weight excluding hydrogens is 292 g/mol. The fourth-order valence-corrected chi connectivity index (χ4v) is 2.99. The molecule has 1 aliphatic heterocycles. The molecule has 2 rings (SSSR count). The van der Waals surface area contributed by atoms with E-state index in [-0.39, 0.29) is 12.0 Å². The first-order valence-electron chi connectivity index (χ1n) is 5.07. The van der Waals surface area contributed by atoms with E-state index < -0.39 is 0 Å². The number of amides is 1. The predicted molar refractivity (Wildman–Crippen MR) is 66.7 cm³/mol. The van der Waals surface area contributed by atoms with Gasteiger partial charge in [-0.2, -0.15) is 0 Å². The SMILES string of the molecule is NCC1CN(C(=O)c2ccc(Br)s2)CCO1. The van der Waals surface area contributed by atoms with Crippen LogP contribution < -0.4 is 5.73 Å². The van der Waals surface area contributed by atoms with Crippen LogP contribution in [0.5, 0.6) is 0 Å². The van der Waals surface area contributed by atoms with Crippen molar-refractivity contribution in [3.63, 3.8) is 0 Å². The minimum absolute atomic E-state index is 0.0268. The largest absolute Gasteiger partial charge is 0.373 e. The predicted octanol–water partition coefficient (Wildman–Crippen LogP) is 1.31. The molecule has 4 nitrogen and oxygen atoms in total. The van der Waals surface area contributed by atoms with E-state index in [0.29, 0.717) is 26.2 Å². The summed E-state index contributed by atoms with van der Waals surface area (Å²) in [5.74, 6) is 0.0671. The van der Waals surface area contributed by atoms with Crippen molar-refractivity contribution in [2.45, 2.75) is 6.10 Å². The zero-order valence-corrected chi connectivity index (χ0v) is 11.1. The van der Waals surface area contributed by atoms with E-state index in [1.165, 1.54) is 11.3 Å². The van der Waals surface area contributed by atoms with Crippen molar-refractivity contribution in [1.82, 2.24) is 4.90 Å². The Kier molecular flexibility index (Phi) is 3.96. The highest BCUT2D eigenvalue weighted by Gasteiger charge is 2.24. The number of carbonyl (C=O) groups excluding carboxylic acids is 1. The third-order valence-corrected chi connectivity index (χ3v) is 4.08. The van der Waals surface area contributed by atoms with Crippen LogP contribution in [0.2, 0.25) is 0 Å². The van der Waals surface area contributed by atoms with E-state index in [0.717, 1.165) is 8.66 Å². The van der Waals surface area contributed by atoms with E-state index in [1.807, 2.05) is 12.1 Å². The van der Waals surface area contributed by atoms with Gasteiger partial charge in [-0.3, -0.25) is 4.79 Å². The van der Waals surface area contributed by atoms with E-state index in [1.54, 1.807) is 4.90 Å². The van der Waals surface area contributed by atoms with Crippen LogP contribution >= 0.6 is 27.3 Å². The number of nitrogens with zero attached hydrogens (tertiary/aromatic N) is 1. The van der Waals surface area contributed by atoms with E-state index >= 15 is 0 Å². The number of morpholine rings is 1. The van der Waals surface area contributed by atoms with Crippen molar-refractivity contribution in [3.8, 4) is 0 Å². The third kappa shape index (κ3) is 2.63. The van der Waals surface area contributed by atoms with Gasteiger partial charge in [0.2, 0.25) is 0 Å². The molecule has 1 fully saturated rings. The topological polar surface area (TPSA) is 55.6 Å². The number of carbonyl (C=O) groups is 1. The van der Waals surface area contributed by atoms with Gasteiger partial charge in [0.05, 0.1) is 21.4 Å². The summed E-state index contributed by atoms with van der Waals surface area (Å²) in [7, 11) is 0. The first-order chi connectivity index (χ1) is 7.70. The average Bonchev–Trinajstić information content (AvgIpc) is 2.75. The van der Waals surface area contributed by atoms with Gasteiger partial charge in [-0.25, -0.2) is 0 Å². The molecule has 0 radical (unpaired) electrons. The van der Waals surface area contributed by atoms with Gasteiger partial charge in [0.15, 0.2) is 0 Å². The lowest BCUT2D eigenvalue weighted by Crippen LogP contribution is -2.47. The van der Waals surface area contributed by atoms with Gasteiger partial charge in [0, 0.05) is 19.6 Å². The van der Waals surface area contributed by atoms with Crippen molar-refractivity contribution >= 4 is 33.2 Å².